The lowest BCUT2D eigenvalue weighted by molar-refractivity contribution is -0.155. The molecule has 440 valence electrons. The molecule has 0 bridgehead atoms. The van der Waals surface area contributed by atoms with E-state index in [9.17, 15) is 58.5 Å². The Morgan fingerprint density at radius 3 is 1.73 bits per heavy atom. The number of rotatable bonds is 25. The number of aromatic hydroxyl groups is 2. The number of carboxylic acid groups (broad SMARTS) is 1. The molecule has 22 heteroatoms. The number of nitrogens with two attached hydrogens (primary N) is 1. The van der Waals surface area contributed by atoms with E-state index in [-0.39, 0.29) is 71.7 Å². The SMILES string of the molecule is CC[C@@H](C)[C@H](NC(C)=O)C(=O)N[C@@H](CCC(=O)OC(C)(C)C)C(=O)N[C@@H](Cc1cn(C(c2ccccc2)(c2ccccc2)c2ccccc2)cn1)C(=O)N[C@@H](CC(=O)O)C(=O)NCCNc1ccc(O)c2c1C(=O)c1c(O)ccc(N)c1C2=O. The van der Waals surface area contributed by atoms with Gasteiger partial charge in [-0.05, 0) is 74.1 Å². The molecular formula is C62H69N9O13. The van der Waals surface area contributed by atoms with Crippen molar-refractivity contribution in [2.24, 2.45) is 5.92 Å². The number of aromatic nitrogens is 2. The number of nitrogens with zero attached hydrogens (tertiary/aromatic N) is 2. The molecule has 0 saturated carbocycles. The number of phenolic OH excluding ortho intramolecular Hbond substituents is 2. The van der Waals surface area contributed by atoms with Crippen LogP contribution in [0.4, 0.5) is 11.4 Å². The zero-order valence-corrected chi connectivity index (χ0v) is 47.4. The maximum absolute atomic E-state index is 14.9. The number of imidazole rings is 1. The van der Waals surface area contributed by atoms with Crippen molar-refractivity contribution in [3.8, 4) is 11.5 Å². The third kappa shape index (κ3) is 14.2. The van der Waals surface area contributed by atoms with Crippen molar-refractivity contribution in [2.45, 2.75) is 109 Å². The number of ether oxygens (including phenoxy) is 1. The van der Waals surface area contributed by atoms with Gasteiger partial charge in [0, 0.05) is 50.4 Å². The first-order valence-corrected chi connectivity index (χ1v) is 27.3. The molecule has 0 saturated heterocycles. The minimum Gasteiger partial charge on any atom is -0.507 e. The quantitative estimate of drug-likeness (QED) is 0.0120. The third-order valence-corrected chi connectivity index (χ3v) is 14.2. The van der Waals surface area contributed by atoms with Gasteiger partial charge in [-0.2, -0.15) is 0 Å². The summed E-state index contributed by atoms with van der Waals surface area (Å²) < 4.78 is 7.38. The zero-order chi connectivity index (χ0) is 61.0. The number of benzene rings is 5. The first kappa shape index (κ1) is 61.8. The van der Waals surface area contributed by atoms with Crippen LogP contribution in [0.2, 0.25) is 0 Å². The summed E-state index contributed by atoms with van der Waals surface area (Å²) in [6.45, 7) is 9.32. The number of carboxylic acids is 1. The standard InChI is InChI=1S/C62H69N9O13/c1-7-35(2)54(67-36(3)72)60(83)68-43(25-28-49(77)84-61(4,5)6)58(81)69-44(31-40-33-71(34-66-40)62(37-17-11-8-12-18-37,38-19-13-9-14-20-38)39-21-15-10-16-22-39)59(82)70-45(32-48(75)76)57(80)65-30-29-64-42-24-27-47(74)53-51(42)56(79)52-46(73)26-23-41(63)50(52)55(53)78/h8-24,26-27,33-35,43-45,54,64,73-74H,7,25,28-32,63H2,1-6H3,(H,65,80)(H,67,72)(H,68,83)(H,69,81)(H,70,82)(H,75,76)/t35-,43+,44+,45+,54+/m1/s1. The van der Waals surface area contributed by atoms with E-state index in [0.29, 0.717) is 6.42 Å². The summed E-state index contributed by atoms with van der Waals surface area (Å²) in [4.78, 5) is 128. The lowest BCUT2D eigenvalue weighted by atomic mass is 9.77. The Hall–Kier alpha value is -9.86. The lowest BCUT2D eigenvalue weighted by Crippen LogP contribution is -2.59. The van der Waals surface area contributed by atoms with Crippen molar-refractivity contribution in [2.75, 3.05) is 24.1 Å². The van der Waals surface area contributed by atoms with Crippen LogP contribution in [0.5, 0.6) is 11.5 Å². The predicted octanol–water partition coefficient (Wildman–Crippen LogP) is 4.86. The molecule has 1 heterocycles. The van der Waals surface area contributed by atoms with Crippen molar-refractivity contribution >= 4 is 64.4 Å². The molecule has 84 heavy (non-hydrogen) atoms. The second-order valence-electron chi connectivity index (χ2n) is 21.4. The number of fused-ring (bicyclic) bond motifs is 2. The second-order valence-corrected chi connectivity index (χ2v) is 21.4. The summed E-state index contributed by atoms with van der Waals surface area (Å²) in [5, 5.41) is 47.4. The molecule has 5 amide bonds. The Morgan fingerprint density at radius 2 is 1.18 bits per heavy atom. The number of ketones is 2. The van der Waals surface area contributed by atoms with Gasteiger partial charge in [0.05, 0.1) is 40.7 Å². The number of carbonyl (C=O) groups excluding carboxylic acids is 8. The molecule has 0 aliphatic heterocycles. The zero-order valence-electron chi connectivity index (χ0n) is 47.4. The van der Waals surface area contributed by atoms with E-state index in [0.717, 1.165) is 22.8 Å². The molecule has 1 aliphatic carbocycles. The Morgan fingerprint density at radius 1 is 0.655 bits per heavy atom. The van der Waals surface area contributed by atoms with Crippen molar-refractivity contribution in [3.63, 3.8) is 0 Å². The Labute approximate surface area is 485 Å². The van der Waals surface area contributed by atoms with Crippen LogP contribution in [-0.4, -0.2) is 121 Å². The van der Waals surface area contributed by atoms with Crippen LogP contribution in [0.25, 0.3) is 0 Å². The van der Waals surface area contributed by atoms with Gasteiger partial charge in [0.2, 0.25) is 41.1 Å². The summed E-state index contributed by atoms with van der Waals surface area (Å²) >= 11 is 0. The normalized spacial score (nSPS) is 13.8. The molecule has 22 nitrogen and oxygen atoms in total. The molecule has 0 fully saturated rings. The van der Waals surface area contributed by atoms with Crippen LogP contribution < -0.4 is 37.6 Å². The predicted molar refractivity (Wildman–Crippen MR) is 310 cm³/mol. The minimum absolute atomic E-state index is 0.0407. The van der Waals surface area contributed by atoms with E-state index >= 15 is 0 Å². The number of amides is 5. The molecule has 11 N–H and O–H groups in total. The number of anilines is 2. The molecule has 7 rings (SSSR count). The van der Waals surface area contributed by atoms with Gasteiger partial charge in [-0.1, -0.05) is 111 Å². The summed E-state index contributed by atoms with van der Waals surface area (Å²) in [5.41, 5.74) is 5.48. The van der Waals surface area contributed by atoms with Gasteiger partial charge in [-0.15, -0.1) is 0 Å². The third-order valence-electron chi connectivity index (χ3n) is 14.2. The van der Waals surface area contributed by atoms with Gasteiger partial charge in [-0.3, -0.25) is 43.2 Å². The maximum atomic E-state index is 14.9. The fraction of sp³-hybridized carbons (Fsp3) is 0.323. The van der Waals surface area contributed by atoms with Crippen LogP contribution >= 0.6 is 0 Å². The highest BCUT2D eigenvalue weighted by Gasteiger charge is 2.41. The highest BCUT2D eigenvalue weighted by atomic mass is 16.6. The molecule has 1 aromatic heterocycles. The fourth-order valence-corrected chi connectivity index (χ4v) is 10.1. The minimum atomic E-state index is -1.78. The number of esters is 1. The highest BCUT2D eigenvalue weighted by molar-refractivity contribution is 6.33. The van der Waals surface area contributed by atoms with Gasteiger partial charge in [0.25, 0.3) is 0 Å². The van der Waals surface area contributed by atoms with Gasteiger partial charge >= 0.3 is 11.9 Å². The Kier molecular flexibility index (Phi) is 19.7. The van der Waals surface area contributed by atoms with E-state index in [1.807, 2.05) is 102 Å². The van der Waals surface area contributed by atoms with Gasteiger partial charge in [-0.25, -0.2) is 4.98 Å². The van der Waals surface area contributed by atoms with Crippen LogP contribution in [0.1, 0.15) is 121 Å². The highest BCUT2D eigenvalue weighted by Crippen LogP contribution is 2.43. The van der Waals surface area contributed by atoms with Crippen molar-refractivity contribution in [1.82, 2.24) is 36.1 Å². The molecule has 6 aromatic rings. The number of nitrogen functional groups attached to an aromatic ring is 1. The first-order chi connectivity index (χ1) is 39.9. The van der Waals surface area contributed by atoms with E-state index in [1.165, 1.54) is 25.1 Å². The second kappa shape index (κ2) is 26.8. The monoisotopic (exact) mass is 1150 g/mol. The number of phenols is 2. The number of hydrogen-bond acceptors (Lipinski definition) is 15. The van der Waals surface area contributed by atoms with Crippen molar-refractivity contribution in [3.05, 3.63) is 172 Å². The van der Waals surface area contributed by atoms with Crippen LogP contribution in [0.3, 0.4) is 0 Å². The van der Waals surface area contributed by atoms with E-state index in [2.05, 4.69) is 31.9 Å². The lowest BCUT2D eigenvalue weighted by Gasteiger charge is -2.37. The largest absolute Gasteiger partial charge is 0.507 e. The number of carbonyl (C=O) groups is 9. The molecule has 0 unspecified atom stereocenters. The molecular weight excluding hydrogens is 1080 g/mol. The van der Waals surface area contributed by atoms with E-state index in [4.69, 9.17) is 15.5 Å². The van der Waals surface area contributed by atoms with Crippen molar-refractivity contribution < 1.29 is 63.2 Å². The Balaban J connectivity index is 1.21. The summed E-state index contributed by atoms with van der Waals surface area (Å²) in [6, 6.07) is 27.7. The number of nitrogens with one attached hydrogen (secondary N) is 6. The molecule has 0 spiro atoms. The smallest absolute Gasteiger partial charge is 0.306 e. The van der Waals surface area contributed by atoms with E-state index < -0.39 is 112 Å². The first-order valence-electron chi connectivity index (χ1n) is 27.3. The number of aliphatic carboxylic acids is 1. The van der Waals surface area contributed by atoms with Gasteiger partial charge in [0.15, 0.2) is 0 Å². The van der Waals surface area contributed by atoms with Crippen molar-refractivity contribution in [1.29, 1.82) is 0 Å². The van der Waals surface area contributed by atoms with Crippen LogP contribution in [-0.2, 0) is 50.3 Å². The van der Waals surface area contributed by atoms with E-state index in [1.54, 1.807) is 40.2 Å². The van der Waals surface area contributed by atoms with Gasteiger partial charge < -0.3 is 62.3 Å². The van der Waals surface area contributed by atoms with Crippen LogP contribution in [0.15, 0.2) is 128 Å². The number of hydrogen-bond donors (Lipinski definition) is 10. The Bertz CT molecular complexity index is 3340. The molecule has 1 aliphatic rings. The fourth-order valence-electron chi connectivity index (χ4n) is 10.1. The van der Waals surface area contributed by atoms with Crippen LogP contribution in [0, 0.1) is 5.92 Å². The average Bonchev–Trinajstić information content (AvgIpc) is 1.23. The molecule has 0 radical (unpaired) electrons. The topological polar surface area (TPSA) is 340 Å². The summed E-state index contributed by atoms with van der Waals surface area (Å²) in [5.74, 6) is -9.53. The van der Waals surface area contributed by atoms with Gasteiger partial charge in [0.1, 0.15) is 46.8 Å². The summed E-state index contributed by atoms with van der Waals surface area (Å²) in [7, 11) is 0. The summed E-state index contributed by atoms with van der Waals surface area (Å²) in [6.07, 6.45) is 1.68. The molecule has 5 aromatic carbocycles. The maximum Gasteiger partial charge on any atom is 0.306 e. The molecule has 5 atom stereocenters. The average molecular weight is 1150 g/mol.